The molecule has 0 atom stereocenters. The third kappa shape index (κ3) is 3.79. The van der Waals surface area contributed by atoms with E-state index in [-0.39, 0.29) is 0 Å². The first-order valence-corrected chi connectivity index (χ1v) is 9.67. The highest BCUT2D eigenvalue weighted by atomic mass is 32.2. The summed E-state index contributed by atoms with van der Waals surface area (Å²) in [7, 11) is 0. The Morgan fingerprint density at radius 3 is 2.70 bits per heavy atom. The van der Waals surface area contributed by atoms with Gasteiger partial charge < -0.3 is 9.09 Å². The second kappa shape index (κ2) is 7.51. The molecule has 1 aliphatic rings. The SMILES string of the molecule is CCCc1noc(CSc2nc(C)c(C)n2C2CCCCC2)n1. The Balaban J connectivity index is 1.72. The zero-order valence-corrected chi connectivity index (χ0v) is 15.2. The summed E-state index contributed by atoms with van der Waals surface area (Å²) in [5.74, 6) is 2.21. The second-order valence-corrected chi connectivity index (χ2v) is 7.31. The standard InChI is InChI=1S/C17H26N4OS/c1-4-8-15-19-16(22-20-15)11-23-17-18-12(2)13(3)21(17)14-9-6-5-7-10-14/h14H,4-11H2,1-3H3. The van der Waals surface area contributed by atoms with Crippen molar-refractivity contribution < 1.29 is 4.52 Å². The van der Waals surface area contributed by atoms with E-state index in [4.69, 9.17) is 9.51 Å². The van der Waals surface area contributed by atoms with Gasteiger partial charge in [-0.05, 0) is 33.1 Å². The second-order valence-electron chi connectivity index (χ2n) is 6.37. The van der Waals surface area contributed by atoms with Crippen LogP contribution in [0.4, 0.5) is 0 Å². The van der Waals surface area contributed by atoms with Crippen LogP contribution >= 0.6 is 11.8 Å². The highest BCUT2D eigenvalue weighted by Crippen LogP contribution is 2.34. The molecular weight excluding hydrogens is 308 g/mol. The van der Waals surface area contributed by atoms with Crippen LogP contribution in [0.2, 0.25) is 0 Å². The molecule has 0 amide bonds. The lowest BCUT2D eigenvalue weighted by Crippen LogP contribution is -2.15. The van der Waals surface area contributed by atoms with Gasteiger partial charge in [0.2, 0.25) is 5.89 Å². The first-order valence-electron chi connectivity index (χ1n) is 8.68. The third-order valence-corrected chi connectivity index (χ3v) is 5.54. The van der Waals surface area contributed by atoms with E-state index < -0.39 is 0 Å². The van der Waals surface area contributed by atoms with Gasteiger partial charge in [-0.15, -0.1) is 0 Å². The molecule has 0 unspecified atom stereocenters. The minimum Gasteiger partial charge on any atom is -0.338 e. The van der Waals surface area contributed by atoms with Gasteiger partial charge >= 0.3 is 0 Å². The van der Waals surface area contributed by atoms with Gasteiger partial charge in [-0.25, -0.2) is 4.98 Å². The molecule has 1 saturated carbocycles. The zero-order chi connectivity index (χ0) is 16.2. The Bertz CT molecular complexity index is 643. The van der Waals surface area contributed by atoms with Crippen LogP contribution in [0.5, 0.6) is 0 Å². The largest absolute Gasteiger partial charge is 0.338 e. The molecule has 0 aliphatic heterocycles. The summed E-state index contributed by atoms with van der Waals surface area (Å²) >= 11 is 1.72. The first-order chi connectivity index (χ1) is 11.2. The van der Waals surface area contributed by atoms with Crippen LogP contribution in [0.25, 0.3) is 0 Å². The molecule has 0 saturated heterocycles. The number of aromatic nitrogens is 4. The van der Waals surface area contributed by atoms with Gasteiger partial charge in [0, 0.05) is 18.2 Å². The molecule has 0 spiro atoms. The average molecular weight is 334 g/mol. The lowest BCUT2D eigenvalue weighted by Gasteiger charge is -2.25. The number of hydrogen-bond acceptors (Lipinski definition) is 5. The highest BCUT2D eigenvalue weighted by molar-refractivity contribution is 7.98. The van der Waals surface area contributed by atoms with Crippen molar-refractivity contribution in [2.24, 2.45) is 0 Å². The van der Waals surface area contributed by atoms with Crippen LogP contribution < -0.4 is 0 Å². The maximum atomic E-state index is 5.34. The number of thioether (sulfide) groups is 1. The molecule has 2 aromatic heterocycles. The molecule has 2 heterocycles. The summed E-state index contributed by atoms with van der Waals surface area (Å²) in [5, 5.41) is 5.13. The van der Waals surface area contributed by atoms with Crippen LogP contribution in [0.15, 0.2) is 9.68 Å². The molecule has 1 aliphatic carbocycles. The molecule has 0 bridgehead atoms. The summed E-state index contributed by atoms with van der Waals surface area (Å²) in [4.78, 5) is 9.23. The maximum absolute atomic E-state index is 5.34. The Morgan fingerprint density at radius 2 is 1.96 bits per heavy atom. The fourth-order valence-corrected chi connectivity index (χ4v) is 4.26. The quantitative estimate of drug-likeness (QED) is 0.721. The van der Waals surface area contributed by atoms with Crippen molar-refractivity contribution in [3.05, 3.63) is 23.1 Å². The fourth-order valence-electron chi connectivity index (χ4n) is 3.27. The number of aryl methyl sites for hydroxylation is 2. The van der Waals surface area contributed by atoms with E-state index in [1.54, 1.807) is 11.8 Å². The van der Waals surface area contributed by atoms with Crippen LogP contribution in [0.1, 0.15) is 74.6 Å². The number of hydrogen-bond donors (Lipinski definition) is 0. The van der Waals surface area contributed by atoms with E-state index in [9.17, 15) is 0 Å². The topological polar surface area (TPSA) is 56.7 Å². The number of rotatable bonds is 6. The van der Waals surface area contributed by atoms with Crippen molar-refractivity contribution in [2.75, 3.05) is 0 Å². The highest BCUT2D eigenvalue weighted by Gasteiger charge is 2.22. The van der Waals surface area contributed by atoms with Gasteiger partial charge in [0.1, 0.15) is 0 Å². The smallest absolute Gasteiger partial charge is 0.237 e. The van der Waals surface area contributed by atoms with Crippen molar-refractivity contribution in [3.63, 3.8) is 0 Å². The van der Waals surface area contributed by atoms with E-state index in [1.165, 1.54) is 37.8 Å². The van der Waals surface area contributed by atoms with Crippen molar-refractivity contribution in [1.82, 2.24) is 19.7 Å². The van der Waals surface area contributed by atoms with Crippen LogP contribution in [-0.2, 0) is 12.2 Å². The van der Waals surface area contributed by atoms with Crippen molar-refractivity contribution in [2.45, 2.75) is 82.7 Å². The Kier molecular flexibility index (Phi) is 5.41. The van der Waals surface area contributed by atoms with Crippen LogP contribution in [0, 0.1) is 13.8 Å². The van der Waals surface area contributed by atoms with Gasteiger partial charge in [0.25, 0.3) is 0 Å². The van der Waals surface area contributed by atoms with Crippen molar-refractivity contribution in [3.8, 4) is 0 Å². The Labute approximate surface area is 142 Å². The molecule has 23 heavy (non-hydrogen) atoms. The lowest BCUT2D eigenvalue weighted by atomic mass is 9.95. The van der Waals surface area contributed by atoms with Gasteiger partial charge in [-0.2, -0.15) is 4.98 Å². The van der Waals surface area contributed by atoms with E-state index in [0.29, 0.717) is 17.7 Å². The number of imidazole rings is 1. The van der Waals surface area contributed by atoms with Gasteiger partial charge in [-0.3, -0.25) is 0 Å². The lowest BCUT2D eigenvalue weighted by molar-refractivity contribution is 0.332. The molecule has 5 nitrogen and oxygen atoms in total. The van der Waals surface area contributed by atoms with Gasteiger partial charge in [0.05, 0.1) is 11.4 Å². The van der Waals surface area contributed by atoms with E-state index in [2.05, 4.69) is 35.5 Å². The van der Waals surface area contributed by atoms with Gasteiger partial charge in [-0.1, -0.05) is 43.1 Å². The average Bonchev–Trinajstić information content (AvgIpc) is 3.12. The predicted molar refractivity (Wildman–Crippen MR) is 91.7 cm³/mol. The third-order valence-electron chi connectivity index (χ3n) is 4.60. The van der Waals surface area contributed by atoms with Crippen molar-refractivity contribution >= 4 is 11.8 Å². The number of nitrogens with zero attached hydrogens (tertiary/aromatic N) is 4. The molecule has 3 rings (SSSR count). The summed E-state index contributed by atoms with van der Waals surface area (Å²) < 4.78 is 7.79. The molecule has 0 radical (unpaired) electrons. The monoisotopic (exact) mass is 334 g/mol. The minimum absolute atomic E-state index is 0.603. The summed E-state index contributed by atoms with van der Waals surface area (Å²) in [6.45, 7) is 6.41. The molecule has 6 heteroatoms. The molecule has 126 valence electrons. The Morgan fingerprint density at radius 1 is 1.17 bits per heavy atom. The molecule has 1 fully saturated rings. The molecular formula is C17H26N4OS. The summed E-state index contributed by atoms with van der Waals surface area (Å²) in [6.07, 6.45) is 8.48. The van der Waals surface area contributed by atoms with E-state index in [1.807, 2.05) is 0 Å². The first kappa shape index (κ1) is 16.6. The molecule has 2 aromatic rings. The fraction of sp³-hybridized carbons (Fsp3) is 0.706. The zero-order valence-electron chi connectivity index (χ0n) is 14.3. The molecule has 0 N–H and O–H groups in total. The maximum Gasteiger partial charge on any atom is 0.237 e. The van der Waals surface area contributed by atoms with Crippen LogP contribution in [-0.4, -0.2) is 19.7 Å². The summed E-state index contributed by atoms with van der Waals surface area (Å²) in [6, 6.07) is 0.603. The normalized spacial score (nSPS) is 16.1. The Hall–Kier alpha value is -1.30. The van der Waals surface area contributed by atoms with E-state index >= 15 is 0 Å². The minimum atomic E-state index is 0.603. The van der Waals surface area contributed by atoms with Crippen LogP contribution in [0.3, 0.4) is 0 Å². The van der Waals surface area contributed by atoms with Gasteiger partial charge in [0.15, 0.2) is 11.0 Å². The predicted octanol–water partition coefficient (Wildman–Crippen LogP) is 4.63. The molecule has 0 aromatic carbocycles. The summed E-state index contributed by atoms with van der Waals surface area (Å²) in [5.41, 5.74) is 2.44. The van der Waals surface area contributed by atoms with E-state index in [0.717, 1.165) is 29.5 Å². The van der Waals surface area contributed by atoms with Crippen molar-refractivity contribution in [1.29, 1.82) is 0 Å².